The zero-order chi connectivity index (χ0) is 26.5. The molecule has 0 unspecified atom stereocenters. The molecule has 3 rings (SSSR count). The number of urea groups is 1. The first-order valence-electron chi connectivity index (χ1n) is 8.99. The van der Waals surface area contributed by atoms with Crippen molar-refractivity contribution in [3.05, 3.63) is 53.4 Å². The summed E-state index contributed by atoms with van der Waals surface area (Å²) in [6.07, 6.45) is -1.39. The van der Waals surface area contributed by atoms with Gasteiger partial charge in [0.15, 0.2) is 5.82 Å². The van der Waals surface area contributed by atoms with Gasteiger partial charge in [0.2, 0.25) is 5.95 Å². The van der Waals surface area contributed by atoms with Crippen LogP contribution < -0.4 is 80.7 Å². The summed E-state index contributed by atoms with van der Waals surface area (Å²) >= 11 is 6.06. The Balaban J connectivity index is 0.00000481. The largest absolute Gasteiger partial charge is 1.00 e. The number of carbonyl (C=O) groups excluding carboxylic acids is 1. The summed E-state index contributed by atoms with van der Waals surface area (Å²) in [6.45, 7) is 0. The van der Waals surface area contributed by atoms with Crippen molar-refractivity contribution in [3.8, 4) is 0 Å². The number of nitrogens with one attached hydrogen (secondary N) is 2. The molecular weight excluding hydrogens is 610 g/mol. The topological polar surface area (TPSA) is 216 Å². The van der Waals surface area contributed by atoms with Crippen LogP contribution in [0.3, 0.4) is 0 Å². The number of halogens is 3. The SMILES string of the molecule is C.NC(=O)Nc1cc(Nc2nc(F)nc(F)c2Cl)ccc1N=Nc1ccc(SOO[O-])cc1S(=O)(=O)[O-].[Na+].[Na+]. The standard InChI is InChI=1S/C17H12ClF2N7O7S2.CH4.2Na/c18-13-14(19)24-16(20)25-15(13)22-7-1-3-9(11(5-7)23-17(21)28)26-27-10-4-2-8(35-34-33-29)6-12(10)36(30,31)32;;;/h1-6,29H,(H3,21,23,28)(H,22,24,25)(H,30,31,32);1H4;;/q;;2*+1/p-2. The molecule has 0 aliphatic rings. The number of anilines is 3. The van der Waals surface area contributed by atoms with E-state index in [0.717, 1.165) is 12.1 Å². The minimum Gasteiger partial charge on any atom is -0.744 e. The maximum absolute atomic E-state index is 13.6. The quantitative estimate of drug-likeness (QED) is 0.0341. The first-order valence-corrected chi connectivity index (χ1v) is 11.5. The number of nitrogens with two attached hydrogens (primary N) is 1. The number of rotatable bonds is 9. The first kappa shape index (κ1) is 37.5. The number of hydrogen-bond acceptors (Lipinski definition) is 13. The van der Waals surface area contributed by atoms with E-state index in [0.29, 0.717) is 12.0 Å². The summed E-state index contributed by atoms with van der Waals surface area (Å²) in [5.74, 6) is -1.73. The summed E-state index contributed by atoms with van der Waals surface area (Å²) in [5.41, 5.74) is 4.73. The van der Waals surface area contributed by atoms with Crippen LogP contribution in [0.15, 0.2) is 56.4 Å². The molecule has 0 spiro atoms. The van der Waals surface area contributed by atoms with Crippen LogP contribution in [0.4, 0.5) is 42.1 Å². The predicted molar refractivity (Wildman–Crippen MR) is 123 cm³/mol. The molecular formula is C18H14ClF2N7Na2O7S2. The van der Waals surface area contributed by atoms with Crippen molar-refractivity contribution in [1.29, 1.82) is 0 Å². The Morgan fingerprint density at radius 3 is 2.36 bits per heavy atom. The number of primary amides is 1. The number of carbonyl (C=O) groups is 1. The monoisotopic (exact) mass is 623 g/mol. The third-order valence-electron chi connectivity index (χ3n) is 3.92. The van der Waals surface area contributed by atoms with E-state index in [9.17, 15) is 31.8 Å². The fourth-order valence-corrected chi connectivity index (χ4v) is 3.78. The molecule has 14 nitrogen and oxygen atoms in total. The fraction of sp³-hybridized carbons (Fsp3) is 0.0556. The van der Waals surface area contributed by atoms with E-state index >= 15 is 0 Å². The molecule has 0 saturated carbocycles. The first-order chi connectivity index (χ1) is 17.0. The number of nitrogens with zero attached hydrogens (tertiary/aromatic N) is 4. The molecule has 21 heteroatoms. The number of hydrogen-bond donors (Lipinski definition) is 3. The zero-order valence-corrected chi connectivity index (χ0v) is 25.5. The molecule has 0 aliphatic carbocycles. The van der Waals surface area contributed by atoms with Crippen molar-refractivity contribution < 1.29 is 100 Å². The smallest absolute Gasteiger partial charge is 0.744 e. The maximum Gasteiger partial charge on any atom is 1.00 e. The van der Waals surface area contributed by atoms with Gasteiger partial charge in [0.05, 0.1) is 22.6 Å². The number of azo groups is 1. The van der Waals surface area contributed by atoms with E-state index in [1.54, 1.807) is 0 Å². The van der Waals surface area contributed by atoms with E-state index in [1.807, 2.05) is 0 Å². The van der Waals surface area contributed by atoms with Crippen molar-refractivity contribution in [2.45, 2.75) is 17.2 Å². The minimum atomic E-state index is -5.04. The molecule has 0 atom stereocenters. The van der Waals surface area contributed by atoms with Gasteiger partial charge >= 0.3 is 71.2 Å². The van der Waals surface area contributed by atoms with Crippen molar-refractivity contribution in [1.82, 2.24) is 9.97 Å². The van der Waals surface area contributed by atoms with Gasteiger partial charge in [-0.05, 0) is 36.4 Å². The summed E-state index contributed by atoms with van der Waals surface area (Å²) in [5, 5.41) is 24.8. The van der Waals surface area contributed by atoms with Gasteiger partial charge in [-0.15, -0.1) is 10.2 Å². The number of benzene rings is 2. The van der Waals surface area contributed by atoms with Crippen LogP contribution in [-0.4, -0.2) is 29.0 Å². The molecule has 198 valence electrons. The Hall–Kier alpha value is -1.52. The second kappa shape index (κ2) is 16.7. The third kappa shape index (κ3) is 10.8. The van der Waals surface area contributed by atoms with Crippen molar-refractivity contribution >= 4 is 68.4 Å². The van der Waals surface area contributed by atoms with Crippen LogP contribution in [-0.2, 0) is 19.5 Å². The van der Waals surface area contributed by atoms with E-state index in [1.165, 1.54) is 24.3 Å². The molecule has 0 aliphatic heterocycles. The van der Waals surface area contributed by atoms with Crippen LogP contribution in [0, 0.1) is 12.0 Å². The average Bonchev–Trinajstić information content (AvgIpc) is 2.79. The second-order valence-corrected chi connectivity index (χ2v) is 8.80. The van der Waals surface area contributed by atoms with E-state index < -0.39 is 43.9 Å². The molecule has 4 N–H and O–H groups in total. The molecule has 0 bridgehead atoms. The minimum absolute atomic E-state index is 0. The Kier molecular flexibility index (Phi) is 16.0. The van der Waals surface area contributed by atoms with Gasteiger partial charge in [0.25, 0.3) is 0 Å². The van der Waals surface area contributed by atoms with Gasteiger partial charge in [-0.25, -0.2) is 13.2 Å². The predicted octanol–water partition coefficient (Wildman–Crippen LogP) is -2.16. The molecule has 2 aromatic carbocycles. The van der Waals surface area contributed by atoms with Crippen LogP contribution in [0.2, 0.25) is 5.02 Å². The van der Waals surface area contributed by atoms with Crippen molar-refractivity contribution in [2.75, 3.05) is 10.6 Å². The Labute approximate surface area is 273 Å². The Morgan fingerprint density at radius 2 is 1.74 bits per heavy atom. The number of aromatic nitrogens is 2. The third-order valence-corrected chi connectivity index (χ3v) is 5.70. The van der Waals surface area contributed by atoms with Gasteiger partial charge in [-0.1, -0.05) is 19.0 Å². The zero-order valence-electron chi connectivity index (χ0n) is 19.1. The van der Waals surface area contributed by atoms with E-state index in [-0.39, 0.29) is 94.2 Å². The van der Waals surface area contributed by atoms with Crippen LogP contribution in [0.5, 0.6) is 0 Å². The maximum atomic E-state index is 13.6. The summed E-state index contributed by atoms with van der Waals surface area (Å²) < 4.78 is 65.9. The molecule has 0 saturated heterocycles. The molecule has 0 fully saturated rings. The van der Waals surface area contributed by atoms with Gasteiger partial charge in [0.1, 0.15) is 26.5 Å². The Bertz CT molecular complexity index is 1460. The summed E-state index contributed by atoms with van der Waals surface area (Å²) in [4.78, 5) is 16.8. The van der Waals surface area contributed by atoms with E-state index in [2.05, 4.69) is 40.2 Å². The molecule has 0 radical (unpaired) electrons. The van der Waals surface area contributed by atoms with Gasteiger partial charge < -0.3 is 26.2 Å². The van der Waals surface area contributed by atoms with Crippen LogP contribution in [0.25, 0.3) is 0 Å². The van der Waals surface area contributed by atoms with Gasteiger partial charge in [0, 0.05) is 10.6 Å². The average molecular weight is 624 g/mol. The molecule has 39 heavy (non-hydrogen) atoms. The van der Waals surface area contributed by atoms with Crippen LogP contribution in [0.1, 0.15) is 7.43 Å². The number of amides is 2. The normalized spacial score (nSPS) is 10.7. The summed E-state index contributed by atoms with van der Waals surface area (Å²) in [6, 6.07) is 6.01. The summed E-state index contributed by atoms with van der Waals surface area (Å²) in [7, 11) is -5.04. The second-order valence-electron chi connectivity index (χ2n) is 6.30. The van der Waals surface area contributed by atoms with E-state index in [4.69, 9.17) is 17.3 Å². The molecule has 1 aromatic heterocycles. The van der Waals surface area contributed by atoms with Crippen molar-refractivity contribution in [2.24, 2.45) is 16.0 Å². The van der Waals surface area contributed by atoms with Gasteiger partial charge in [-0.3, -0.25) is 5.04 Å². The van der Waals surface area contributed by atoms with Crippen LogP contribution >= 0.6 is 23.6 Å². The Morgan fingerprint density at radius 1 is 1.10 bits per heavy atom. The molecule has 3 aromatic rings. The van der Waals surface area contributed by atoms with Crippen molar-refractivity contribution in [3.63, 3.8) is 0 Å². The molecule has 2 amide bonds. The molecule has 1 heterocycles. The van der Waals surface area contributed by atoms with Gasteiger partial charge in [-0.2, -0.15) is 23.1 Å². The fourth-order valence-electron chi connectivity index (χ4n) is 2.54.